The molecule has 22 heavy (non-hydrogen) atoms. The van der Waals surface area contributed by atoms with Crippen molar-refractivity contribution in [3.05, 3.63) is 49.6 Å². The van der Waals surface area contributed by atoms with E-state index in [1.807, 2.05) is 25.1 Å². The van der Waals surface area contributed by atoms with Crippen molar-refractivity contribution in [1.82, 2.24) is 4.57 Å². The van der Waals surface area contributed by atoms with Gasteiger partial charge < -0.3 is 14.0 Å². The fourth-order valence-electron chi connectivity index (χ4n) is 1.93. The van der Waals surface area contributed by atoms with Crippen LogP contribution in [0.25, 0.3) is 11.3 Å². The summed E-state index contributed by atoms with van der Waals surface area (Å²) in [6.45, 7) is 2.68. The van der Waals surface area contributed by atoms with Crippen LogP contribution in [0.15, 0.2) is 38.0 Å². The summed E-state index contributed by atoms with van der Waals surface area (Å²) in [5.41, 5.74) is 1.54. The van der Waals surface area contributed by atoms with E-state index in [9.17, 15) is 4.79 Å². The molecule has 0 saturated heterocycles. The van der Waals surface area contributed by atoms with Crippen LogP contribution in [0.3, 0.4) is 0 Å². The zero-order valence-electron chi connectivity index (χ0n) is 12.2. The van der Waals surface area contributed by atoms with Gasteiger partial charge in [-0.15, -0.1) is 22.0 Å². The molecule has 2 rings (SSSR count). The molecule has 0 unspecified atom stereocenters. The standard InChI is InChI=1S/C15H14Br2NO3.Y/c1-3-18-14(7-6-12(16)15(18)19)11-5-4-10(8-13(11)17)21-9-20-2;/h4-6,8H,3,9H2,1-2H3;/q-1;. The van der Waals surface area contributed by atoms with Crippen LogP contribution in [0.2, 0.25) is 0 Å². The van der Waals surface area contributed by atoms with Gasteiger partial charge in [0.1, 0.15) is 5.75 Å². The van der Waals surface area contributed by atoms with Crippen molar-refractivity contribution < 1.29 is 42.2 Å². The molecular weight excluding hydrogens is 491 g/mol. The van der Waals surface area contributed by atoms with Crippen molar-refractivity contribution in [1.29, 1.82) is 0 Å². The van der Waals surface area contributed by atoms with Gasteiger partial charge in [0.15, 0.2) is 6.79 Å². The van der Waals surface area contributed by atoms with E-state index in [-0.39, 0.29) is 45.1 Å². The molecular formula is C15H14Br2NO3Y-. The average Bonchev–Trinajstić information content (AvgIpc) is 2.48. The minimum absolute atomic E-state index is 0. The quantitative estimate of drug-likeness (QED) is 0.459. The van der Waals surface area contributed by atoms with Gasteiger partial charge in [-0.3, -0.25) is 4.79 Å². The van der Waals surface area contributed by atoms with Crippen LogP contribution in [-0.2, 0) is 44.0 Å². The van der Waals surface area contributed by atoms with Gasteiger partial charge in [0.05, 0.1) is 0 Å². The van der Waals surface area contributed by atoms with Gasteiger partial charge in [0.25, 0.3) is 0 Å². The first-order valence-electron chi connectivity index (χ1n) is 6.31. The maximum Gasteiger partial charge on any atom is 0.208 e. The van der Waals surface area contributed by atoms with Gasteiger partial charge in [0, 0.05) is 46.4 Å². The number of halogens is 2. The van der Waals surface area contributed by atoms with Gasteiger partial charge in [-0.2, -0.15) is 12.1 Å². The summed E-state index contributed by atoms with van der Waals surface area (Å²) in [5, 5.41) is 0. The Kier molecular flexibility index (Phi) is 8.50. The number of rotatable bonds is 5. The van der Waals surface area contributed by atoms with Crippen LogP contribution in [0.5, 0.6) is 5.75 Å². The summed E-state index contributed by atoms with van der Waals surface area (Å²) >= 11 is 6.76. The normalized spacial score (nSPS) is 10.2. The Morgan fingerprint density at radius 1 is 1.27 bits per heavy atom. The Morgan fingerprint density at radius 2 is 2.00 bits per heavy atom. The molecule has 1 radical (unpaired) electrons. The predicted molar refractivity (Wildman–Crippen MR) is 88.6 cm³/mol. The van der Waals surface area contributed by atoms with Crippen LogP contribution in [0.4, 0.5) is 0 Å². The van der Waals surface area contributed by atoms with Gasteiger partial charge in [-0.1, -0.05) is 27.2 Å². The molecule has 0 amide bonds. The molecule has 0 atom stereocenters. The molecule has 7 heteroatoms. The maximum absolute atomic E-state index is 12.2. The molecule has 0 aliphatic heterocycles. The van der Waals surface area contributed by atoms with E-state index in [1.54, 1.807) is 17.7 Å². The third kappa shape index (κ3) is 4.51. The van der Waals surface area contributed by atoms with E-state index in [4.69, 9.17) is 9.47 Å². The summed E-state index contributed by atoms with van der Waals surface area (Å²) in [7, 11) is 1.57. The first-order chi connectivity index (χ1) is 10.1. The number of nitrogens with zero attached hydrogens (tertiary/aromatic N) is 1. The molecule has 0 bridgehead atoms. The Labute approximate surface area is 171 Å². The topological polar surface area (TPSA) is 40.5 Å². The molecule has 0 N–H and O–H groups in total. The van der Waals surface area contributed by atoms with Gasteiger partial charge in [0.2, 0.25) is 5.56 Å². The van der Waals surface area contributed by atoms with E-state index in [2.05, 4.69) is 37.9 Å². The summed E-state index contributed by atoms with van der Waals surface area (Å²) in [6, 6.07) is 10.3. The fraction of sp³-hybridized carbons (Fsp3) is 0.267. The van der Waals surface area contributed by atoms with Crippen LogP contribution in [-0.4, -0.2) is 18.5 Å². The first kappa shape index (κ1) is 20.0. The number of hydrogen-bond donors (Lipinski definition) is 0. The van der Waals surface area contributed by atoms with Crippen LogP contribution in [0.1, 0.15) is 6.92 Å². The molecule has 1 aromatic heterocycles. The SMILES string of the molecule is CCn1c(-c2ccc(OCOC)cc2Br)[c-]cc(Br)c1=O.[Y]. The second-order valence-corrected chi connectivity index (χ2v) is 5.94. The minimum atomic E-state index is -0.0714. The molecule has 1 heterocycles. The zero-order chi connectivity index (χ0) is 15.4. The molecule has 1 aromatic carbocycles. The number of ether oxygens (including phenoxy) is 2. The molecule has 4 nitrogen and oxygen atoms in total. The molecule has 115 valence electrons. The molecule has 0 fully saturated rings. The van der Waals surface area contributed by atoms with Gasteiger partial charge >= 0.3 is 0 Å². The monoisotopic (exact) mass is 503 g/mol. The van der Waals surface area contributed by atoms with Crippen molar-refractivity contribution in [2.45, 2.75) is 13.5 Å². The number of hydrogen-bond acceptors (Lipinski definition) is 3. The van der Waals surface area contributed by atoms with Crippen molar-refractivity contribution in [2.24, 2.45) is 0 Å². The molecule has 0 spiro atoms. The Hall–Kier alpha value is -0.00610. The van der Waals surface area contributed by atoms with Crippen LogP contribution < -0.4 is 10.3 Å². The van der Waals surface area contributed by atoms with E-state index < -0.39 is 0 Å². The number of methoxy groups -OCH3 is 1. The Balaban J connectivity index is 0.00000242. The average molecular weight is 505 g/mol. The second kappa shape index (κ2) is 9.33. The number of benzene rings is 1. The minimum Gasteiger partial charge on any atom is -0.468 e. The Morgan fingerprint density at radius 3 is 2.59 bits per heavy atom. The van der Waals surface area contributed by atoms with Crippen molar-refractivity contribution in [2.75, 3.05) is 13.9 Å². The van der Waals surface area contributed by atoms with Crippen LogP contribution in [0, 0.1) is 6.07 Å². The Bertz CT molecular complexity index is 704. The maximum atomic E-state index is 12.2. The van der Waals surface area contributed by atoms with Gasteiger partial charge in [-0.05, 0) is 28.0 Å². The van der Waals surface area contributed by atoms with Crippen LogP contribution >= 0.6 is 31.9 Å². The number of aromatic nitrogens is 1. The summed E-state index contributed by atoms with van der Waals surface area (Å²) < 4.78 is 13.3. The summed E-state index contributed by atoms with van der Waals surface area (Å²) in [4.78, 5) is 12.2. The molecule has 0 saturated carbocycles. The number of pyridine rings is 1. The van der Waals surface area contributed by atoms with E-state index in [0.717, 1.165) is 15.7 Å². The zero-order valence-corrected chi connectivity index (χ0v) is 18.2. The van der Waals surface area contributed by atoms with E-state index in [0.29, 0.717) is 16.8 Å². The smallest absolute Gasteiger partial charge is 0.208 e. The second-order valence-electron chi connectivity index (χ2n) is 4.23. The molecule has 0 aliphatic rings. The largest absolute Gasteiger partial charge is 0.468 e. The third-order valence-electron chi connectivity index (χ3n) is 2.91. The van der Waals surface area contributed by atoms with E-state index in [1.165, 1.54) is 0 Å². The van der Waals surface area contributed by atoms with Gasteiger partial charge in [-0.25, -0.2) is 0 Å². The molecule has 2 aromatic rings. The van der Waals surface area contributed by atoms with Crippen molar-refractivity contribution >= 4 is 31.9 Å². The predicted octanol–water partition coefficient (Wildman–Crippen LogP) is 3.84. The first-order valence-corrected chi connectivity index (χ1v) is 7.89. The van der Waals surface area contributed by atoms with Crippen molar-refractivity contribution in [3.8, 4) is 17.0 Å². The summed E-state index contributed by atoms with van der Waals surface area (Å²) in [5.74, 6) is 0.690. The third-order valence-corrected chi connectivity index (χ3v) is 4.13. The fourth-order valence-corrected chi connectivity index (χ4v) is 2.81. The molecule has 0 aliphatic carbocycles. The summed E-state index contributed by atoms with van der Waals surface area (Å²) in [6.07, 6.45) is 0. The van der Waals surface area contributed by atoms with E-state index >= 15 is 0 Å². The van der Waals surface area contributed by atoms with Crippen molar-refractivity contribution in [3.63, 3.8) is 0 Å².